The molecule has 0 spiro atoms. The van der Waals surface area contributed by atoms with Crippen LogP contribution in [0.25, 0.3) is 0 Å². The summed E-state index contributed by atoms with van der Waals surface area (Å²) in [7, 11) is 1.25. The molecule has 6 nitrogen and oxygen atoms in total. The molecule has 0 saturated heterocycles. The van der Waals surface area contributed by atoms with Gasteiger partial charge in [0.15, 0.2) is 0 Å². The highest BCUT2D eigenvalue weighted by Gasteiger charge is 2.22. The summed E-state index contributed by atoms with van der Waals surface area (Å²) in [5, 5.41) is 27.5. The van der Waals surface area contributed by atoms with Crippen molar-refractivity contribution in [2.75, 3.05) is 26.9 Å². The second kappa shape index (κ2) is 6.79. The lowest BCUT2D eigenvalue weighted by Crippen LogP contribution is -2.47. The Kier molecular flexibility index (Phi) is 6.43. The van der Waals surface area contributed by atoms with Crippen molar-refractivity contribution < 1.29 is 29.6 Å². The first-order valence-electron chi connectivity index (χ1n) is 3.74. The van der Waals surface area contributed by atoms with Crippen molar-refractivity contribution in [2.45, 2.75) is 12.2 Å². The number of ether oxygens (including phenoxy) is 2. The SMILES string of the molecule is CO[C@H](CO)C(OCCO)C(=O)[O-]. The van der Waals surface area contributed by atoms with Gasteiger partial charge in [-0.05, 0) is 0 Å². The van der Waals surface area contributed by atoms with Gasteiger partial charge in [0.2, 0.25) is 0 Å². The Morgan fingerprint density at radius 1 is 1.54 bits per heavy atom. The van der Waals surface area contributed by atoms with Gasteiger partial charge < -0.3 is 29.6 Å². The maximum Gasteiger partial charge on any atom is 0.125 e. The van der Waals surface area contributed by atoms with E-state index in [4.69, 9.17) is 14.9 Å². The van der Waals surface area contributed by atoms with Crippen LogP contribution in [-0.4, -0.2) is 55.3 Å². The monoisotopic (exact) mass is 193 g/mol. The number of aliphatic hydroxyl groups is 2. The molecular formula is C7H13O6-. The fourth-order valence-electron chi connectivity index (χ4n) is 0.801. The van der Waals surface area contributed by atoms with Crippen LogP contribution in [0.1, 0.15) is 0 Å². The van der Waals surface area contributed by atoms with Crippen LogP contribution >= 0.6 is 0 Å². The van der Waals surface area contributed by atoms with Gasteiger partial charge in [-0.2, -0.15) is 0 Å². The van der Waals surface area contributed by atoms with E-state index < -0.39 is 24.8 Å². The first kappa shape index (κ1) is 12.3. The van der Waals surface area contributed by atoms with Crippen molar-refractivity contribution in [1.29, 1.82) is 0 Å². The Hall–Kier alpha value is -0.690. The molecule has 0 aliphatic carbocycles. The summed E-state index contributed by atoms with van der Waals surface area (Å²) in [6.45, 7) is -0.926. The topological polar surface area (TPSA) is 99.1 Å². The molecule has 0 heterocycles. The molecular weight excluding hydrogens is 180 g/mol. The normalized spacial score (nSPS) is 15.3. The molecule has 2 N–H and O–H groups in total. The van der Waals surface area contributed by atoms with E-state index in [0.717, 1.165) is 0 Å². The zero-order valence-electron chi connectivity index (χ0n) is 7.30. The van der Waals surface area contributed by atoms with Crippen LogP contribution in [0.3, 0.4) is 0 Å². The van der Waals surface area contributed by atoms with E-state index in [-0.39, 0.29) is 13.2 Å². The average molecular weight is 193 g/mol. The van der Waals surface area contributed by atoms with Crippen LogP contribution in [0, 0.1) is 0 Å². The minimum Gasteiger partial charge on any atom is -0.547 e. The van der Waals surface area contributed by atoms with Crippen LogP contribution in [-0.2, 0) is 14.3 Å². The highest BCUT2D eigenvalue weighted by atomic mass is 16.6. The highest BCUT2D eigenvalue weighted by molar-refractivity contribution is 5.70. The number of hydrogen-bond acceptors (Lipinski definition) is 6. The van der Waals surface area contributed by atoms with Gasteiger partial charge in [0.25, 0.3) is 0 Å². The van der Waals surface area contributed by atoms with E-state index in [1.165, 1.54) is 7.11 Å². The molecule has 0 aromatic rings. The first-order valence-corrected chi connectivity index (χ1v) is 3.74. The molecule has 0 fully saturated rings. The van der Waals surface area contributed by atoms with E-state index in [1.54, 1.807) is 0 Å². The van der Waals surface area contributed by atoms with Gasteiger partial charge >= 0.3 is 0 Å². The zero-order valence-corrected chi connectivity index (χ0v) is 7.30. The number of carbonyl (C=O) groups excluding carboxylic acids is 1. The number of hydrogen-bond donors (Lipinski definition) is 2. The third-order valence-electron chi connectivity index (χ3n) is 1.44. The second-order valence-corrected chi connectivity index (χ2v) is 2.29. The average Bonchev–Trinajstić information content (AvgIpc) is 2.11. The number of rotatable bonds is 7. The third kappa shape index (κ3) is 4.18. The second-order valence-electron chi connectivity index (χ2n) is 2.29. The summed E-state index contributed by atoms with van der Waals surface area (Å²) in [5.41, 5.74) is 0. The van der Waals surface area contributed by atoms with Crippen molar-refractivity contribution in [3.63, 3.8) is 0 Å². The first-order chi connectivity index (χ1) is 6.17. The van der Waals surface area contributed by atoms with Gasteiger partial charge in [0.1, 0.15) is 12.2 Å². The van der Waals surface area contributed by atoms with Crippen LogP contribution < -0.4 is 5.11 Å². The van der Waals surface area contributed by atoms with E-state index in [1.807, 2.05) is 0 Å². The minimum absolute atomic E-state index is 0.140. The van der Waals surface area contributed by atoms with Crippen LogP contribution in [0.15, 0.2) is 0 Å². The maximum atomic E-state index is 10.5. The summed E-state index contributed by atoms with van der Waals surface area (Å²) in [6.07, 6.45) is -2.33. The van der Waals surface area contributed by atoms with Gasteiger partial charge in [-0.25, -0.2) is 0 Å². The number of aliphatic hydroxyl groups excluding tert-OH is 2. The quantitative estimate of drug-likeness (QED) is 0.450. The van der Waals surface area contributed by atoms with Crippen LogP contribution in [0.5, 0.6) is 0 Å². The predicted molar refractivity (Wildman–Crippen MR) is 39.7 cm³/mol. The highest BCUT2D eigenvalue weighted by Crippen LogP contribution is 2.02. The summed E-state index contributed by atoms with van der Waals surface area (Å²) in [5.74, 6) is -1.48. The summed E-state index contributed by atoms with van der Waals surface area (Å²) >= 11 is 0. The molecule has 0 rings (SSSR count). The number of aliphatic carboxylic acids is 1. The molecule has 0 saturated carbocycles. The molecule has 0 aromatic heterocycles. The van der Waals surface area contributed by atoms with E-state index in [0.29, 0.717) is 0 Å². The molecule has 78 valence electrons. The minimum atomic E-state index is -1.48. The smallest absolute Gasteiger partial charge is 0.125 e. The van der Waals surface area contributed by atoms with Gasteiger partial charge in [-0.3, -0.25) is 0 Å². The Bertz CT molecular complexity index is 144. The van der Waals surface area contributed by atoms with Crippen molar-refractivity contribution in [3.05, 3.63) is 0 Å². The Morgan fingerprint density at radius 3 is 2.46 bits per heavy atom. The zero-order chi connectivity index (χ0) is 10.3. The number of carbonyl (C=O) groups is 1. The molecule has 0 aliphatic heterocycles. The van der Waals surface area contributed by atoms with Gasteiger partial charge in [0.05, 0.1) is 25.8 Å². The van der Waals surface area contributed by atoms with Crippen molar-refractivity contribution >= 4 is 5.97 Å². The Labute approximate surface area is 75.7 Å². The van der Waals surface area contributed by atoms with Crippen molar-refractivity contribution in [1.82, 2.24) is 0 Å². The number of methoxy groups -OCH3 is 1. The van der Waals surface area contributed by atoms with E-state index in [9.17, 15) is 9.90 Å². The molecule has 13 heavy (non-hydrogen) atoms. The third-order valence-corrected chi connectivity index (χ3v) is 1.44. The summed E-state index contributed by atoms with van der Waals surface area (Å²) in [6, 6.07) is 0. The fraction of sp³-hybridized carbons (Fsp3) is 0.857. The molecule has 2 atom stereocenters. The molecule has 0 amide bonds. The van der Waals surface area contributed by atoms with E-state index in [2.05, 4.69) is 4.74 Å². The molecule has 1 unspecified atom stereocenters. The predicted octanol–water partition coefficient (Wildman–Crippen LogP) is -2.88. The van der Waals surface area contributed by atoms with Crippen molar-refractivity contribution in [3.8, 4) is 0 Å². The van der Waals surface area contributed by atoms with Gasteiger partial charge in [-0.1, -0.05) is 0 Å². The molecule has 0 bridgehead atoms. The van der Waals surface area contributed by atoms with Crippen LogP contribution in [0.2, 0.25) is 0 Å². The van der Waals surface area contributed by atoms with Gasteiger partial charge in [-0.15, -0.1) is 0 Å². The molecule has 6 heteroatoms. The number of carboxylic acid groups (broad SMARTS) is 1. The Balaban J connectivity index is 4.12. The lowest BCUT2D eigenvalue weighted by atomic mass is 10.2. The molecule has 0 radical (unpaired) electrons. The standard InChI is InChI=1S/C7H14O6/c1-12-5(4-9)6(7(10)11)13-3-2-8/h5-6,8-9H,2-4H2,1H3,(H,10,11)/p-1/t5-,6?/m1/s1. The summed E-state index contributed by atoms with van der Waals surface area (Å²) < 4.78 is 9.34. The Morgan fingerprint density at radius 2 is 2.15 bits per heavy atom. The lowest BCUT2D eigenvalue weighted by Gasteiger charge is -2.25. The lowest BCUT2D eigenvalue weighted by molar-refractivity contribution is -0.321. The molecule has 0 aliphatic rings. The van der Waals surface area contributed by atoms with Crippen molar-refractivity contribution in [2.24, 2.45) is 0 Å². The molecule has 0 aromatic carbocycles. The van der Waals surface area contributed by atoms with Crippen LogP contribution in [0.4, 0.5) is 0 Å². The maximum absolute atomic E-state index is 10.5. The van der Waals surface area contributed by atoms with Gasteiger partial charge in [0, 0.05) is 7.11 Å². The van der Waals surface area contributed by atoms with E-state index >= 15 is 0 Å². The largest absolute Gasteiger partial charge is 0.547 e. The number of carboxylic acids is 1. The fourth-order valence-corrected chi connectivity index (χ4v) is 0.801. The summed E-state index contributed by atoms with van der Waals surface area (Å²) in [4.78, 5) is 10.5.